The van der Waals surface area contributed by atoms with Crippen molar-refractivity contribution >= 4 is 35.3 Å². The van der Waals surface area contributed by atoms with Crippen LogP contribution in [0.5, 0.6) is 0 Å². The molecule has 1 saturated carbocycles. The third kappa shape index (κ3) is 4.80. The van der Waals surface area contributed by atoms with E-state index in [2.05, 4.69) is 20.3 Å². The van der Waals surface area contributed by atoms with Crippen LogP contribution in [-0.2, 0) is 4.79 Å². The van der Waals surface area contributed by atoms with Gasteiger partial charge < -0.3 is 15.3 Å². The maximum absolute atomic E-state index is 12.8. The Hall–Kier alpha value is -2.19. The van der Waals surface area contributed by atoms with E-state index < -0.39 is 12.0 Å². The van der Waals surface area contributed by atoms with Gasteiger partial charge in [0.05, 0.1) is 0 Å². The van der Waals surface area contributed by atoms with Crippen molar-refractivity contribution < 1.29 is 19.3 Å². The Morgan fingerprint density at radius 2 is 1.82 bits per heavy atom. The number of carboxylic acid groups (broad SMARTS) is 1. The first-order valence-corrected chi connectivity index (χ1v) is 9.35. The zero-order valence-electron chi connectivity index (χ0n) is 16.3. The quantitative estimate of drug-likeness (QED) is 0.753. The van der Waals surface area contributed by atoms with E-state index in [1.54, 1.807) is 23.1 Å². The number of halogens is 1. The predicted molar refractivity (Wildman–Crippen MR) is 107 cm³/mol. The van der Waals surface area contributed by atoms with E-state index in [9.17, 15) is 14.7 Å². The van der Waals surface area contributed by atoms with Gasteiger partial charge in [-0.15, -0.1) is 12.4 Å². The third-order valence-electron chi connectivity index (χ3n) is 5.41. The number of benzene rings is 1. The van der Waals surface area contributed by atoms with Gasteiger partial charge in [0.15, 0.2) is 0 Å². The van der Waals surface area contributed by atoms with Crippen molar-refractivity contribution in [3.05, 3.63) is 23.8 Å². The van der Waals surface area contributed by atoms with Crippen molar-refractivity contribution in [3.63, 3.8) is 0 Å². The molecule has 1 atom stereocenters. The molecular formula is C19H27ClN4O4. The van der Waals surface area contributed by atoms with Gasteiger partial charge in [0.2, 0.25) is 0 Å². The van der Waals surface area contributed by atoms with Gasteiger partial charge in [0, 0.05) is 24.7 Å². The number of nitrogens with one attached hydrogen (secondary N) is 1. The summed E-state index contributed by atoms with van der Waals surface area (Å²) < 4.78 is 4.68. The van der Waals surface area contributed by atoms with E-state index in [0.717, 1.165) is 25.7 Å². The summed E-state index contributed by atoms with van der Waals surface area (Å²) in [6, 6.07) is 4.94. The molecule has 1 aliphatic carbocycles. The molecule has 1 aromatic carbocycles. The highest BCUT2D eigenvalue weighted by atomic mass is 35.5. The number of carbonyl (C=O) groups excluding carboxylic acids is 1. The number of amides is 1. The van der Waals surface area contributed by atoms with Crippen LogP contribution < -0.4 is 5.32 Å². The smallest absolute Gasteiger partial charge is 0.320 e. The molecule has 0 saturated heterocycles. The second-order valence-electron chi connectivity index (χ2n) is 7.62. The van der Waals surface area contributed by atoms with Crippen LogP contribution in [0, 0.1) is 5.92 Å². The molecule has 9 heteroatoms. The van der Waals surface area contributed by atoms with Crippen molar-refractivity contribution in [2.24, 2.45) is 5.92 Å². The lowest BCUT2D eigenvalue weighted by atomic mass is 9.89. The van der Waals surface area contributed by atoms with E-state index in [-0.39, 0.29) is 36.3 Å². The highest BCUT2D eigenvalue weighted by molar-refractivity contribution is 5.97. The number of aliphatic carboxylic acids is 1. The number of carboxylic acids is 1. The summed E-state index contributed by atoms with van der Waals surface area (Å²) in [5.74, 6) is -0.829. The minimum atomic E-state index is -0.808. The summed E-state index contributed by atoms with van der Waals surface area (Å²) in [6.07, 6.45) is 3.40. The molecule has 2 N–H and O–H groups in total. The van der Waals surface area contributed by atoms with E-state index in [1.807, 2.05) is 20.9 Å². The Morgan fingerprint density at radius 1 is 1.18 bits per heavy atom. The fourth-order valence-corrected chi connectivity index (χ4v) is 3.72. The maximum atomic E-state index is 12.8. The van der Waals surface area contributed by atoms with E-state index in [4.69, 9.17) is 0 Å². The average molecular weight is 411 g/mol. The van der Waals surface area contributed by atoms with Crippen molar-refractivity contribution in [3.8, 4) is 0 Å². The van der Waals surface area contributed by atoms with Gasteiger partial charge >= 0.3 is 5.97 Å². The maximum Gasteiger partial charge on any atom is 0.320 e. The molecule has 0 bridgehead atoms. The second-order valence-corrected chi connectivity index (χ2v) is 7.62. The first-order valence-electron chi connectivity index (χ1n) is 9.35. The van der Waals surface area contributed by atoms with E-state index >= 15 is 0 Å². The molecule has 2 aromatic rings. The van der Waals surface area contributed by atoms with Crippen LogP contribution >= 0.6 is 12.4 Å². The molecule has 0 radical (unpaired) electrons. The molecule has 1 fully saturated rings. The zero-order valence-corrected chi connectivity index (χ0v) is 17.1. The molecule has 1 unspecified atom stereocenters. The highest BCUT2D eigenvalue weighted by Crippen LogP contribution is 2.25. The minimum absolute atomic E-state index is 0. The van der Waals surface area contributed by atoms with Crippen LogP contribution in [0.1, 0.15) is 49.9 Å². The minimum Gasteiger partial charge on any atom is -0.480 e. The van der Waals surface area contributed by atoms with Crippen LogP contribution in [0.2, 0.25) is 0 Å². The number of carbonyl (C=O) groups is 2. The summed E-state index contributed by atoms with van der Waals surface area (Å²) in [7, 11) is 1.82. The van der Waals surface area contributed by atoms with Gasteiger partial charge in [-0.25, -0.2) is 4.63 Å². The van der Waals surface area contributed by atoms with Gasteiger partial charge in [-0.3, -0.25) is 9.59 Å². The molecular weight excluding hydrogens is 384 g/mol. The van der Waals surface area contributed by atoms with Crippen LogP contribution in [0.3, 0.4) is 0 Å². The summed E-state index contributed by atoms with van der Waals surface area (Å²) in [6.45, 7) is 3.82. The average Bonchev–Trinajstić information content (AvgIpc) is 3.12. The topological polar surface area (TPSA) is 109 Å². The summed E-state index contributed by atoms with van der Waals surface area (Å²) in [5.41, 5.74) is 1.75. The number of aromatic nitrogens is 2. The lowest BCUT2D eigenvalue weighted by Crippen LogP contribution is -2.49. The summed E-state index contributed by atoms with van der Waals surface area (Å²) in [5, 5.41) is 20.1. The van der Waals surface area contributed by atoms with Crippen molar-refractivity contribution in [2.75, 3.05) is 7.05 Å². The molecule has 1 amide bonds. The molecule has 1 aliphatic rings. The number of hydrogen-bond donors (Lipinski definition) is 2. The number of rotatable bonds is 6. The number of hydrogen-bond acceptors (Lipinski definition) is 6. The molecule has 8 nitrogen and oxygen atoms in total. The fraction of sp³-hybridized carbons (Fsp3) is 0.579. The Bertz CT molecular complexity index is 817. The van der Waals surface area contributed by atoms with Crippen LogP contribution in [0.4, 0.5) is 0 Å². The fourth-order valence-electron chi connectivity index (χ4n) is 3.72. The first kappa shape index (κ1) is 22.1. The molecule has 28 heavy (non-hydrogen) atoms. The standard InChI is InChI=1S/C19H26N4O4.ClH/c1-11(2)17(19(25)26)20-13-5-7-14(8-6-13)23(3)18(24)12-4-9-15-16(10-12)22-27-21-15;/h4,9-11,13-14,17,20H,5-8H2,1-3H3,(H,25,26);1H. The molecule has 3 rings (SSSR count). The Kier molecular flexibility index (Phi) is 7.37. The largest absolute Gasteiger partial charge is 0.480 e. The van der Waals surface area contributed by atoms with Gasteiger partial charge in [-0.1, -0.05) is 13.8 Å². The third-order valence-corrected chi connectivity index (χ3v) is 5.41. The Balaban J connectivity index is 0.00000280. The number of nitrogens with zero attached hydrogens (tertiary/aromatic N) is 3. The lowest BCUT2D eigenvalue weighted by molar-refractivity contribution is -0.141. The molecule has 1 aromatic heterocycles. The summed E-state index contributed by atoms with van der Waals surface area (Å²) >= 11 is 0. The Labute approximate surface area is 170 Å². The zero-order chi connectivity index (χ0) is 19.6. The van der Waals surface area contributed by atoms with Crippen molar-refractivity contribution in [1.29, 1.82) is 0 Å². The molecule has 1 heterocycles. The van der Waals surface area contributed by atoms with Gasteiger partial charge in [0.25, 0.3) is 5.91 Å². The van der Waals surface area contributed by atoms with Gasteiger partial charge in [-0.2, -0.15) is 0 Å². The summed E-state index contributed by atoms with van der Waals surface area (Å²) in [4.78, 5) is 26.0. The van der Waals surface area contributed by atoms with Crippen molar-refractivity contribution in [2.45, 2.75) is 57.7 Å². The van der Waals surface area contributed by atoms with Crippen LogP contribution in [0.25, 0.3) is 11.0 Å². The van der Waals surface area contributed by atoms with Gasteiger partial charge in [-0.05, 0) is 60.1 Å². The normalized spacial score (nSPS) is 20.6. The van der Waals surface area contributed by atoms with Crippen LogP contribution in [-0.4, -0.2) is 57.4 Å². The monoisotopic (exact) mass is 410 g/mol. The first-order chi connectivity index (χ1) is 12.9. The van der Waals surface area contributed by atoms with Crippen LogP contribution in [0.15, 0.2) is 22.8 Å². The number of fused-ring (bicyclic) bond motifs is 1. The van der Waals surface area contributed by atoms with E-state index in [1.165, 1.54) is 0 Å². The van der Waals surface area contributed by atoms with Crippen molar-refractivity contribution in [1.82, 2.24) is 20.5 Å². The highest BCUT2D eigenvalue weighted by Gasteiger charge is 2.30. The molecule has 0 aliphatic heterocycles. The Morgan fingerprint density at radius 3 is 2.43 bits per heavy atom. The SMILES string of the molecule is CC(C)C(NC1CCC(N(C)C(=O)c2ccc3nonc3c2)CC1)C(=O)O.Cl. The molecule has 154 valence electrons. The van der Waals surface area contributed by atoms with E-state index in [0.29, 0.717) is 16.6 Å². The second kappa shape index (κ2) is 9.34. The molecule has 0 spiro atoms. The predicted octanol–water partition coefficient (Wildman–Crippen LogP) is 2.73. The van der Waals surface area contributed by atoms with Gasteiger partial charge in [0.1, 0.15) is 17.1 Å². The lowest BCUT2D eigenvalue weighted by Gasteiger charge is -2.36.